The zero-order valence-corrected chi connectivity index (χ0v) is 16.9. The van der Waals surface area contributed by atoms with Crippen LogP contribution in [0.1, 0.15) is 54.4 Å². The van der Waals surface area contributed by atoms with Crippen molar-refractivity contribution in [3.63, 3.8) is 0 Å². The molecule has 5 N–H and O–H groups in total. The Kier molecular flexibility index (Phi) is 11.3. The van der Waals surface area contributed by atoms with Crippen LogP contribution in [0.5, 0.6) is 0 Å². The lowest BCUT2D eigenvalue weighted by Crippen LogP contribution is -2.38. The molecule has 2 rings (SSSR count). The molecular formula is C20H36N2O4. The molecule has 5 atom stereocenters. The first-order valence-electron chi connectivity index (χ1n) is 9.25. The Morgan fingerprint density at radius 3 is 2.31 bits per heavy atom. The third-order valence-corrected chi connectivity index (χ3v) is 4.01. The van der Waals surface area contributed by atoms with Crippen molar-refractivity contribution >= 4 is 5.84 Å². The van der Waals surface area contributed by atoms with Crippen LogP contribution in [0.15, 0.2) is 40.6 Å². The zero-order valence-electron chi connectivity index (χ0n) is 16.9. The Morgan fingerprint density at radius 2 is 1.92 bits per heavy atom. The maximum Gasteiger partial charge on any atom is 0.112 e. The molecule has 0 unspecified atom stereocenters. The number of aliphatic hydroxyl groups excluding tert-OH is 3. The van der Waals surface area contributed by atoms with Gasteiger partial charge in [0, 0.05) is 6.42 Å². The number of aliphatic imine (C=N–C) groups is 1. The molecule has 0 aromatic carbocycles. The molecule has 6 nitrogen and oxygen atoms in total. The highest BCUT2D eigenvalue weighted by Gasteiger charge is 2.43. The van der Waals surface area contributed by atoms with E-state index in [2.05, 4.69) is 17.6 Å². The Labute approximate surface area is 157 Å². The van der Waals surface area contributed by atoms with E-state index in [1.807, 2.05) is 26.8 Å². The summed E-state index contributed by atoms with van der Waals surface area (Å²) in [6.45, 7) is 15.1. The van der Waals surface area contributed by atoms with Crippen LogP contribution in [0.3, 0.4) is 0 Å². The van der Waals surface area contributed by atoms with E-state index in [9.17, 15) is 15.3 Å². The number of amidine groups is 1. The van der Waals surface area contributed by atoms with E-state index in [0.717, 1.165) is 23.3 Å². The summed E-state index contributed by atoms with van der Waals surface area (Å²) in [5.41, 5.74) is 8.69. The largest absolute Gasteiger partial charge is 0.390 e. The smallest absolute Gasteiger partial charge is 0.112 e. The minimum atomic E-state index is -0.963. The number of ether oxygens (including phenoxy) is 1. The number of rotatable bonds is 4. The van der Waals surface area contributed by atoms with Gasteiger partial charge in [-0.25, -0.2) is 4.99 Å². The summed E-state index contributed by atoms with van der Waals surface area (Å²) in [5, 5.41) is 28.1. The molecular weight excluding hydrogens is 332 g/mol. The van der Waals surface area contributed by atoms with E-state index >= 15 is 0 Å². The van der Waals surface area contributed by atoms with Gasteiger partial charge in [-0.05, 0) is 38.3 Å². The van der Waals surface area contributed by atoms with Gasteiger partial charge in [-0.1, -0.05) is 39.5 Å². The number of aliphatic hydroxyl groups is 3. The van der Waals surface area contributed by atoms with E-state index in [-0.39, 0.29) is 0 Å². The lowest BCUT2D eigenvalue weighted by Gasteiger charge is -2.19. The molecule has 0 bridgehead atoms. The standard InChI is InChI=1S/C10H14N2.C8H16O4.C2H6/c1-7(2)9-5-4-6-10(9)12-8(3)11;1-3-5(9)8-7(11)6(10)4(2)12-8;1-2/h4-5H,1,6H2,2-3H3,(H2,11,12);4-11H,3H2,1-2H3;1-2H3/t;4-,5+,6-,7-,8+;/m.0./s1. The molecule has 0 aromatic heterocycles. The van der Waals surface area contributed by atoms with Crippen molar-refractivity contribution in [2.45, 2.75) is 84.9 Å². The molecule has 0 saturated carbocycles. The average Bonchev–Trinajstić information content (AvgIpc) is 3.16. The summed E-state index contributed by atoms with van der Waals surface area (Å²) in [7, 11) is 0. The van der Waals surface area contributed by atoms with Crippen molar-refractivity contribution in [2.75, 3.05) is 0 Å². The number of hydrogen-bond acceptors (Lipinski definition) is 5. The first kappa shape index (κ1) is 24.5. The average molecular weight is 369 g/mol. The summed E-state index contributed by atoms with van der Waals surface area (Å²) >= 11 is 0. The molecule has 0 spiro atoms. The highest BCUT2D eigenvalue weighted by molar-refractivity contribution is 5.79. The molecule has 2 aliphatic rings. The quantitative estimate of drug-likeness (QED) is 0.450. The van der Waals surface area contributed by atoms with Gasteiger partial charge in [0.2, 0.25) is 0 Å². The molecule has 1 fully saturated rings. The van der Waals surface area contributed by atoms with Crippen molar-refractivity contribution < 1.29 is 20.1 Å². The zero-order chi connectivity index (χ0) is 20.4. The Morgan fingerprint density at radius 1 is 1.35 bits per heavy atom. The molecule has 0 radical (unpaired) electrons. The van der Waals surface area contributed by atoms with Crippen molar-refractivity contribution in [3.8, 4) is 0 Å². The van der Waals surface area contributed by atoms with E-state index in [4.69, 9.17) is 10.5 Å². The van der Waals surface area contributed by atoms with Gasteiger partial charge in [-0.3, -0.25) is 0 Å². The van der Waals surface area contributed by atoms with Gasteiger partial charge in [0.15, 0.2) is 0 Å². The predicted molar refractivity (Wildman–Crippen MR) is 107 cm³/mol. The highest BCUT2D eigenvalue weighted by atomic mass is 16.6. The molecule has 1 heterocycles. The fourth-order valence-corrected chi connectivity index (χ4v) is 2.63. The summed E-state index contributed by atoms with van der Waals surface area (Å²) in [6, 6.07) is 0. The van der Waals surface area contributed by atoms with Gasteiger partial charge in [-0.2, -0.15) is 0 Å². The second-order valence-corrected chi connectivity index (χ2v) is 6.26. The lowest BCUT2D eigenvalue weighted by atomic mass is 10.0. The fraction of sp³-hybridized carbons (Fsp3) is 0.650. The van der Waals surface area contributed by atoms with E-state index < -0.39 is 30.5 Å². The van der Waals surface area contributed by atoms with E-state index in [1.54, 1.807) is 20.8 Å². The minimum absolute atomic E-state index is 0.397. The number of nitrogens with zero attached hydrogens (tertiary/aromatic N) is 1. The van der Waals surface area contributed by atoms with E-state index in [0.29, 0.717) is 12.3 Å². The molecule has 1 aliphatic heterocycles. The summed E-state index contributed by atoms with van der Waals surface area (Å²) < 4.78 is 5.19. The molecule has 0 aromatic rings. The van der Waals surface area contributed by atoms with E-state index in [1.165, 1.54) is 0 Å². The van der Waals surface area contributed by atoms with Gasteiger partial charge < -0.3 is 25.8 Å². The van der Waals surface area contributed by atoms with Crippen molar-refractivity contribution in [1.29, 1.82) is 0 Å². The van der Waals surface area contributed by atoms with Crippen LogP contribution in [0.25, 0.3) is 0 Å². The molecule has 150 valence electrons. The van der Waals surface area contributed by atoms with Gasteiger partial charge >= 0.3 is 0 Å². The van der Waals surface area contributed by atoms with Crippen LogP contribution < -0.4 is 5.73 Å². The third kappa shape index (κ3) is 7.03. The van der Waals surface area contributed by atoms with Gasteiger partial charge in [0.05, 0.1) is 23.7 Å². The highest BCUT2D eigenvalue weighted by Crippen LogP contribution is 2.25. The summed E-state index contributed by atoms with van der Waals surface area (Å²) in [4.78, 5) is 4.23. The lowest BCUT2D eigenvalue weighted by molar-refractivity contribution is -0.0627. The topological polar surface area (TPSA) is 108 Å². The van der Waals surface area contributed by atoms with Crippen LogP contribution >= 0.6 is 0 Å². The monoisotopic (exact) mass is 368 g/mol. The molecule has 26 heavy (non-hydrogen) atoms. The molecule has 6 heteroatoms. The van der Waals surface area contributed by atoms with Crippen molar-refractivity contribution in [1.82, 2.24) is 0 Å². The number of hydrogen-bond donors (Lipinski definition) is 4. The minimum Gasteiger partial charge on any atom is -0.390 e. The Balaban J connectivity index is 0.000000439. The predicted octanol–water partition coefficient (Wildman–Crippen LogP) is 2.45. The third-order valence-electron chi connectivity index (χ3n) is 4.01. The van der Waals surface area contributed by atoms with Crippen LogP contribution in [0, 0.1) is 0 Å². The van der Waals surface area contributed by atoms with Crippen LogP contribution in [-0.2, 0) is 4.74 Å². The molecule has 1 saturated heterocycles. The maximum absolute atomic E-state index is 9.39. The SMILES string of the molecule is C=C(C)C1=C(N=C(C)N)CC=C1.CC.CC[C@@H](O)[C@H]1O[C@@H](C)[C@H](O)[C@@H]1O. The second kappa shape index (κ2) is 12.0. The second-order valence-electron chi connectivity index (χ2n) is 6.26. The van der Waals surface area contributed by atoms with Crippen molar-refractivity contribution in [3.05, 3.63) is 35.6 Å². The molecule has 1 aliphatic carbocycles. The first-order valence-corrected chi connectivity index (χ1v) is 9.25. The summed E-state index contributed by atoms with van der Waals surface area (Å²) in [6.07, 6.45) is 1.94. The summed E-state index contributed by atoms with van der Waals surface area (Å²) in [5.74, 6) is 0.604. The van der Waals surface area contributed by atoms with Crippen LogP contribution in [0.4, 0.5) is 0 Å². The number of allylic oxidation sites excluding steroid dienone is 4. The molecule has 0 amide bonds. The van der Waals surface area contributed by atoms with Gasteiger partial charge in [0.25, 0.3) is 0 Å². The van der Waals surface area contributed by atoms with Crippen molar-refractivity contribution in [2.24, 2.45) is 10.7 Å². The van der Waals surface area contributed by atoms with Crippen LogP contribution in [-0.4, -0.2) is 51.7 Å². The normalized spacial score (nSPS) is 28.9. The van der Waals surface area contributed by atoms with Crippen LogP contribution in [0.2, 0.25) is 0 Å². The van der Waals surface area contributed by atoms with Gasteiger partial charge in [0.1, 0.15) is 18.3 Å². The maximum atomic E-state index is 9.39. The Bertz CT molecular complexity index is 536. The fourth-order valence-electron chi connectivity index (χ4n) is 2.63. The van der Waals surface area contributed by atoms with Gasteiger partial charge in [-0.15, -0.1) is 0 Å². The Hall–Kier alpha value is -1.47. The number of nitrogens with two attached hydrogens (primary N) is 1. The first-order chi connectivity index (χ1) is 12.2.